The fourth-order valence-electron chi connectivity index (χ4n) is 5.35. The average molecular weight is 235 g/mol. The van der Waals surface area contributed by atoms with Gasteiger partial charge in [-0.2, -0.15) is 0 Å². The second kappa shape index (κ2) is 4.57. The molecule has 3 fully saturated rings. The smallest absolute Gasteiger partial charge is 0.00383 e. The van der Waals surface area contributed by atoms with Crippen LogP contribution in [0.15, 0.2) is 0 Å². The number of hydrogen-bond donors (Lipinski definition) is 0. The summed E-state index contributed by atoms with van der Waals surface area (Å²) in [5.74, 6) is 3.26. The first-order chi connectivity index (χ1) is 8.23. The summed E-state index contributed by atoms with van der Waals surface area (Å²) < 4.78 is 0. The second-order valence-corrected chi connectivity index (χ2v) is 7.25. The molecule has 1 nitrogen and oxygen atoms in total. The molecule has 4 unspecified atom stereocenters. The first-order valence-corrected chi connectivity index (χ1v) is 7.92. The van der Waals surface area contributed by atoms with Gasteiger partial charge in [0, 0.05) is 13.1 Å². The molecule has 2 aliphatic carbocycles. The van der Waals surface area contributed by atoms with Gasteiger partial charge in [0.15, 0.2) is 0 Å². The highest BCUT2D eigenvalue weighted by Gasteiger charge is 2.51. The number of nitrogens with zero attached hydrogens (tertiary/aromatic N) is 1. The van der Waals surface area contributed by atoms with Crippen molar-refractivity contribution in [3.05, 3.63) is 0 Å². The normalized spacial score (nSPS) is 45.9. The standard InChI is InChI=1S/C16H29N/c1-3-4-8-16-10-14-7-5-6-13(14)9-15(16)11-17(2)12-16/h13-15H,3-12H2,1-2H3. The lowest BCUT2D eigenvalue weighted by atomic mass is 9.60. The summed E-state index contributed by atoms with van der Waals surface area (Å²) in [7, 11) is 2.35. The monoisotopic (exact) mass is 235 g/mol. The average Bonchev–Trinajstić information content (AvgIpc) is 2.85. The molecule has 4 atom stereocenters. The maximum Gasteiger partial charge on any atom is 0.00383 e. The fraction of sp³-hybridized carbons (Fsp3) is 1.00. The third kappa shape index (κ3) is 2.05. The van der Waals surface area contributed by atoms with E-state index in [2.05, 4.69) is 18.9 Å². The van der Waals surface area contributed by atoms with Gasteiger partial charge in [0.2, 0.25) is 0 Å². The van der Waals surface area contributed by atoms with E-state index < -0.39 is 0 Å². The molecule has 0 aromatic heterocycles. The van der Waals surface area contributed by atoms with E-state index >= 15 is 0 Å². The minimum absolute atomic E-state index is 0.732. The predicted molar refractivity (Wildman–Crippen MR) is 73.0 cm³/mol. The summed E-state index contributed by atoms with van der Waals surface area (Å²) in [4.78, 5) is 2.63. The van der Waals surface area contributed by atoms with Crippen LogP contribution < -0.4 is 0 Å². The summed E-state index contributed by atoms with van der Waals surface area (Å²) >= 11 is 0. The molecule has 3 aliphatic rings. The summed E-state index contributed by atoms with van der Waals surface area (Å²) in [6.45, 7) is 5.15. The Morgan fingerprint density at radius 1 is 1.24 bits per heavy atom. The highest BCUT2D eigenvalue weighted by molar-refractivity contribution is 5.03. The highest BCUT2D eigenvalue weighted by atomic mass is 15.1. The van der Waals surface area contributed by atoms with Crippen molar-refractivity contribution in [2.45, 2.75) is 58.3 Å². The molecule has 0 bridgehead atoms. The van der Waals surface area contributed by atoms with Gasteiger partial charge in [-0.25, -0.2) is 0 Å². The lowest BCUT2D eigenvalue weighted by molar-refractivity contribution is 0.0594. The third-order valence-electron chi connectivity index (χ3n) is 6.08. The number of fused-ring (bicyclic) bond motifs is 2. The van der Waals surface area contributed by atoms with Crippen LogP contribution in [-0.4, -0.2) is 25.0 Å². The predicted octanol–water partition coefficient (Wildman–Crippen LogP) is 3.93. The van der Waals surface area contributed by atoms with Crippen molar-refractivity contribution >= 4 is 0 Å². The summed E-state index contributed by atoms with van der Waals surface area (Å²) in [5, 5.41) is 0. The van der Waals surface area contributed by atoms with Crippen LogP contribution >= 0.6 is 0 Å². The van der Waals surface area contributed by atoms with Gasteiger partial charge < -0.3 is 4.90 Å². The van der Waals surface area contributed by atoms with Crippen LogP contribution in [0.4, 0.5) is 0 Å². The SMILES string of the molecule is CCCCC12CC3CCCC3CC1CN(C)C2. The van der Waals surface area contributed by atoms with Gasteiger partial charge in [-0.05, 0) is 49.5 Å². The maximum absolute atomic E-state index is 2.63. The van der Waals surface area contributed by atoms with E-state index in [0.717, 1.165) is 23.2 Å². The van der Waals surface area contributed by atoms with E-state index in [-0.39, 0.29) is 0 Å². The molecule has 1 aliphatic heterocycles. The Morgan fingerprint density at radius 2 is 2.06 bits per heavy atom. The zero-order valence-electron chi connectivity index (χ0n) is 11.8. The van der Waals surface area contributed by atoms with Crippen LogP contribution in [0.25, 0.3) is 0 Å². The summed E-state index contributed by atoms with van der Waals surface area (Å²) in [5.41, 5.74) is 0.732. The zero-order chi connectivity index (χ0) is 11.9. The molecule has 0 N–H and O–H groups in total. The Morgan fingerprint density at radius 3 is 2.88 bits per heavy atom. The van der Waals surface area contributed by atoms with Crippen LogP contribution in [-0.2, 0) is 0 Å². The van der Waals surface area contributed by atoms with Gasteiger partial charge in [-0.15, -0.1) is 0 Å². The van der Waals surface area contributed by atoms with Crippen molar-refractivity contribution in [1.29, 1.82) is 0 Å². The number of likely N-dealkylation sites (tertiary alicyclic amines) is 1. The van der Waals surface area contributed by atoms with E-state index in [0.29, 0.717) is 0 Å². The Kier molecular flexibility index (Phi) is 3.23. The largest absolute Gasteiger partial charge is 0.306 e. The Labute approximate surface area is 107 Å². The van der Waals surface area contributed by atoms with E-state index in [1.54, 1.807) is 25.7 Å². The van der Waals surface area contributed by atoms with Crippen LogP contribution in [0.2, 0.25) is 0 Å². The molecule has 0 spiro atoms. The van der Waals surface area contributed by atoms with Gasteiger partial charge in [0.05, 0.1) is 0 Å². The summed E-state index contributed by atoms with van der Waals surface area (Å²) in [6.07, 6.45) is 12.1. The lowest BCUT2D eigenvalue weighted by Crippen LogP contribution is -2.39. The van der Waals surface area contributed by atoms with Crippen LogP contribution in [0, 0.1) is 23.2 Å². The van der Waals surface area contributed by atoms with Crippen molar-refractivity contribution in [2.75, 3.05) is 20.1 Å². The van der Waals surface area contributed by atoms with Crippen LogP contribution in [0.5, 0.6) is 0 Å². The van der Waals surface area contributed by atoms with Crippen LogP contribution in [0.3, 0.4) is 0 Å². The van der Waals surface area contributed by atoms with Crippen molar-refractivity contribution in [2.24, 2.45) is 23.2 Å². The Balaban J connectivity index is 1.76. The first kappa shape index (κ1) is 12.0. The zero-order valence-corrected chi connectivity index (χ0v) is 11.8. The first-order valence-electron chi connectivity index (χ1n) is 7.92. The van der Waals surface area contributed by atoms with Crippen molar-refractivity contribution < 1.29 is 0 Å². The van der Waals surface area contributed by atoms with E-state index in [9.17, 15) is 0 Å². The molecule has 2 saturated carbocycles. The van der Waals surface area contributed by atoms with Gasteiger partial charge in [-0.3, -0.25) is 0 Å². The van der Waals surface area contributed by atoms with Crippen molar-refractivity contribution in [1.82, 2.24) is 4.90 Å². The number of hydrogen-bond acceptors (Lipinski definition) is 1. The minimum atomic E-state index is 0.732. The number of rotatable bonds is 3. The number of unbranched alkanes of at least 4 members (excludes halogenated alkanes) is 1. The lowest BCUT2D eigenvalue weighted by Gasteiger charge is -2.45. The molecule has 3 rings (SSSR count). The molecular weight excluding hydrogens is 206 g/mol. The van der Waals surface area contributed by atoms with Crippen molar-refractivity contribution in [3.8, 4) is 0 Å². The maximum atomic E-state index is 2.63. The minimum Gasteiger partial charge on any atom is -0.306 e. The van der Waals surface area contributed by atoms with Crippen LogP contribution in [0.1, 0.15) is 58.3 Å². The Bertz CT molecular complexity index is 275. The van der Waals surface area contributed by atoms with Crippen molar-refractivity contribution in [3.63, 3.8) is 0 Å². The highest BCUT2D eigenvalue weighted by Crippen LogP contribution is 2.57. The van der Waals surface area contributed by atoms with E-state index in [4.69, 9.17) is 0 Å². The van der Waals surface area contributed by atoms with E-state index in [1.165, 1.54) is 38.8 Å². The molecule has 0 aromatic carbocycles. The van der Waals surface area contributed by atoms with Gasteiger partial charge in [-0.1, -0.05) is 39.0 Å². The fourth-order valence-corrected chi connectivity index (χ4v) is 5.35. The molecule has 1 heteroatoms. The Hall–Kier alpha value is -0.0400. The molecule has 1 heterocycles. The molecular formula is C16H29N. The molecule has 0 radical (unpaired) electrons. The molecule has 1 saturated heterocycles. The topological polar surface area (TPSA) is 3.24 Å². The molecule has 17 heavy (non-hydrogen) atoms. The molecule has 0 aromatic rings. The van der Waals surface area contributed by atoms with E-state index in [1.807, 2.05) is 0 Å². The van der Waals surface area contributed by atoms with Gasteiger partial charge in [0.1, 0.15) is 0 Å². The summed E-state index contributed by atoms with van der Waals surface area (Å²) in [6, 6.07) is 0. The quantitative estimate of drug-likeness (QED) is 0.716. The third-order valence-corrected chi connectivity index (χ3v) is 6.08. The molecule has 98 valence electrons. The van der Waals surface area contributed by atoms with Gasteiger partial charge >= 0.3 is 0 Å². The van der Waals surface area contributed by atoms with Gasteiger partial charge in [0.25, 0.3) is 0 Å². The molecule has 0 amide bonds. The second-order valence-electron chi connectivity index (χ2n) is 7.25.